The Labute approximate surface area is 114 Å². The highest BCUT2D eigenvalue weighted by atomic mass is 79.9. The van der Waals surface area contributed by atoms with Crippen molar-refractivity contribution in [3.8, 4) is 0 Å². The fourth-order valence-corrected chi connectivity index (χ4v) is 2.57. The maximum atomic E-state index is 10.8. The Kier molecular flexibility index (Phi) is 5.85. The zero-order chi connectivity index (χ0) is 12.8. The van der Waals surface area contributed by atoms with Crippen LogP contribution in [0.1, 0.15) is 23.7 Å². The first-order valence-electron chi connectivity index (χ1n) is 5.33. The highest BCUT2D eigenvalue weighted by Crippen LogP contribution is 2.22. The molecule has 0 aliphatic rings. The number of anilines is 1. The number of benzene rings is 1. The van der Waals surface area contributed by atoms with Gasteiger partial charge in [-0.1, -0.05) is 0 Å². The average molecular weight is 318 g/mol. The van der Waals surface area contributed by atoms with E-state index in [1.807, 2.05) is 11.8 Å². The molecule has 1 atom stereocenters. The van der Waals surface area contributed by atoms with Gasteiger partial charge < -0.3 is 10.4 Å². The van der Waals surface area contributed by atoms with E-state index >= 15 is 0 Å². The number of halogens is 1. The van der Waals surface area contributed by atoms with Gasteiger partial charge in [-0.2, -0.15) is 11.8 Å². The van der Waals surface area contributed by atoms with E-state index in [-0.39, 0.29) is 5.56 Å². The molecule has 94 valence electrons. The molecule has 1 aromatic carbocycles. The number of hydrogen-bond donors (Lipinski definition) is 2. The minimum atomic E-state index is -0.918. The number of hydrogen-bond acceptors (Lipinski definition) is 3. The minimum Gasteiger partial charge on any atom is -0.478 e. The standard InChI is InChI=1S/C12H16BrNO2S/c1-8(5-6-17-2)14-9-3-4-10(12(15)16)11(13)7-9/h3-4,7-8,14H,5-6H2,1-2H3,(H,15,16). The van der Waals surface area contributed by atoms with Gasteiger partial charge in [-0.25, -0.2) is 4.79 Å². The molecule has 0 aliphatic heterocycles. The van der Waals surface area contributed by atoms with Gasteiger partial charge in [-0.15, -0.1) is 0 Å². The van der Waals surface area contributed by atoms with Gasteiger partial charge in [0.1, 0.15) is 0 Å². The predicted octanol–water partition coefficient (Wildman–Crippen LogP) is 3.70. The van der Waals surface area contributed by atoms with Crippen LogP contribution in [0.4, 0.5) is 5.69 Å². The second-order valence-corrected chi connectivity index (χ2v) is 5.67. The van der Waals surface area contributed by atoms with E-state index in [4.69, 9.17) is 5.11 Å². The van der Waals surface area contributed by atoms with Gasteiger partial charge in [0.05, 0.1) is 5.56 Å². The number of thioether (sulfide) groups is 1. The average Bonchev–Trinajstić information content (AvgIpc) is 2.26. The molecule has 1 aromatic rings. The topological polar surface area (TPSA) is 49.3 Å². The molecule has 0 aliphatic carbocycles. The summed E-state index contributed by atoms with van der Waals surface area (Å²) in [6.45, 7) is 2.12. The summed E-state index contributed by atoms with van der Waals surface area (Å²) in [4.78, 5) is 10.8. The Morgan fingerprint density at radius 1 is 1.59 bits per heavy atom. The highest BCUT2D eigenvalue weighted by molar-refractivity contribution is 9.10. The van der Waals surface area contributed by atoms with Gasteiger partial charge in [0, 0.05) is 16.2 Å². The van der Waals surface area contributed by atoms with Crippen LogP contribution in [0.2, 0.25) is 0 Å². The summed E-state index contributed by atoms with van der Waals surface area (Å²) >= 11 is 5.09. The monoisotopic (exact) mass is 317 g/mol. The zero-order valence-electron chi connectivity index (χ0n) is 9.87. The van der Waals surface area contributed by atoms with Gasteiger partial charge in [0.25, 0.3) is 0 Å². The van der Waals surface area contributed by atoms with Crippen LogP contribution in [-0.2, 0) is 0 Å². The lowest BCUT2D eigenvalue weighted by Crippen LogP contribution is -2.16. The molecule has 0 spiro atoms. The lowest BCUT2D eigenvalue weighted by atomic mass is 10.2. The van der Waals surface area contributed by atoms with Gasteiger partial charge >= 0.3 is 5.97 Å². The van der Waals surface area contributed by atoms with Crippen LogP contribution < -0.4 is 5.32 Å². The first-order valence-corrected chi connectivity index (χ1v) is 7.51. The maximum Gasteiger partial charge on any atom is 0.336 e. The zero-order valence-corrected chi connectivity index (χ0v) is 12.3. The molecular weight excluding hydrogens is 302 g/mol. The van der Waals surface area contributed by atoms with E-state index in [0.29, 0.717) is 10.5 Å². The molecule has 17 heavy (non-hydrogen) atoms. The van der Waals surface area contributed by atoms with Crippen molar-refractivity contribution in [3.05, 3.63) is 28.2 Å². The summed E-state index contributed by atoms with van der Waals surface area (Å²) in [7, 11) is 0. The van der Waals surface area contributed by atoms with Crippen molar-refractivity contribution < 1.29 is 9.90 Å². The van der Waals surface area contributed by atoms with Crippen molar-refractivity contribution in [1.29, 1.82) is 0 Å². The van der Waals surface area contributed by atoms with E-state index < -0.39 is 5.97 Å². The second-order valence-electron chi connectivity index (χ2n) is 3.83. The molecule has 1 rings (SSSR count). The Hall–Kier alpha value is -0.680. The molecule has 5 heteroatoms. The van der Waals surface area contributed by atoms with Gasteiger partial charge in [-0.05, 0) is 59.5 Å². The van der Waals surface area contributed by atoms with Crippen LogP contribution in [0, 0.1) is 0 Å². The van der Waals surface area contributed by atoms with E-state index in [2.05, 4.69) is 34.4 Å². The van der Waals surface area contributed by atoms with E-state index in [1.165, 1.54) is 0 Å². The molecule has 0 amide bonds. The summed E-state index contributed by atoms with van der Waals surface area (Å²) < 4.78 is 0.604. The summed E-state index contributed by atoms with van der Waals surface area (Å²) in [6.07, 6.45) is 3.17. The molecule has 1 unspecified atom stereocenters. The smallest absolute Gasteiger partial charge is 0.336 e. The number of aromatic carboxylic acids is 1. The molecule has 0 saturated heterocycles. The SMILES string of the molecule is CSCCC(C)Nc1ccc(C(=O)O)c(Br)c1. The normalized spacial score (nSPS) is 12.2. The number of carboxylic acids is 1. The van der Waals surface area contributed by atoms with Gasteiger partial charge in [0.2, 0.25) is 0 Å². The number of rotatable bonds is 6. The largest absolute Gasteiger partial charge is 0.478 e. The quantitative estimate of drug-likeness (QED) is 0.840. The van der Waals surface area contributed by atoms with Gasteiger partial charge in [0.15, 0.2) is 0 Å². The minimum absolute atomic E-state index is 0.285. The third-order valence-electron chi connectivity index (χ3n) is 2.37. The Morgan fingerprint density at radius 3 is 2.82 bits per heavy atom. The Morgan fingerprint density at radius 2 is 2.29 bits per heavy atom. The van der Waals surface area contributed by atoms with E-state index in [0.717, 1.165) is 17.9 Å². The van der Waals surface area contributed by atoms with Gasteiger partial charge in [-0.3, -0.25) is 0 Å². The molecule has 0 bridgehead atoms. The molecule has 0 radical (unpaired) electrons. The third-order valence-corrected chi connectivity index (χ3v) is 3.67. The summed E-state index contributed by atoms with van der Waals surface area (Å²) in [5, 5.41) is 12.2. The first kappa shape index (κ1) is 14.4. The second kappa shape index (κ2) is 6.91. The summed E-state index contributed by atoms with van der Waals surface area (Å²) in [5.41, 5.74) is 1.22. The molecule has 0 saturated carbocycles. The van der Waals surface area contributed by atoms with Crippen LogP contribution in [0.3, 0.4) is 0 Å². The van der Waals surface area contributed by atoms with Crippen molar-refractivity contribution in [1.82, 2.24) is 0 Å². The summed E-state index contributed by atoms with van der Waals surface area (Å²) in [6, 6.07) is 5.59. The lowest BCUT2D eigenvalue weighted by Gasteiger charge is -2.15. The maximum absolute atomic E-state index is 10.8. The number of nitrogens with one attached hydrogen (secondary N) is 1. The molecule has 0 heterocycles. The number of carbonyl (C=O) groups is 1. The predicted molar refractivity (Wildman–Crippen MR) is 77.2 cm³/mol. The van der Waals surface area contributed by atoms with Crippen molar-refractivity contribution in [2.45, 2.75) is 19.4 Å². The highest BCUT2D eigenvalue weighted by Gasteiger charge is 2.09. The van der Waals surface area contributed by atoms with E-state index in [9.17, 15) is 4.79 Å². The van der Waals surface area contributed by atoms with Crippen molar-refractivity contribution in [2.75, 3.05) is 17.3 Å². The van der Waals surface area contributed by atoms with Crippen molar-refractivity contribution in [3.63, 3.8) is 0 Å². The summed E-state index contributed by atoms with van der Waals surface area (Å²) in [5.74, 6) is 0.196. The van der Waals surface area contributed by atoms with Crippen LogP contribution in [0.5, 0.6) is 0 Å². The van der Waals surface area contributed by atoms with E-state index in [1.54, 1.807) is 18.2 Å². The molecule has 2 N–H and O–H groups in total. The fraction of sp³-hybridized carbons (Fsp3) is 0.417. The van der Waals surface area contributed by atoms with Crippen LogP contribution in [0.25, 0.3) is 0 Å². The van der Waals surface area contributed by atoms with Crippen LogP contribution in [0.15, 0.2) is 22.7 Å². The molecular formula is C12H16BrNO2S. The molecule has 3 nitrogen and oxygen atoms in total. The lowest BCUT2D eigenvalue weighted by molar-refractivity contribution is 0.0696. The first-order chi connectivity index (χ1) is 8.04. The Bertz CT molecular complexity index is 398. The fourth-order valence-electron chi connectivity index (χ4n) is 1.43. The van der Waals surface area contributed by atoms with Crippen molar-refractivity contribution in [2.24, 2.45) is 0 Å². The number of carboxylic acid groups (broad SMARTS) is 1. The van der Waals surface area contributed by atoms with Crippen molar-refractivity contribution >= 4 is 39.3 Å². The third kappa shape index (κ3) is 4.60. The molecule has 0 aromatic heterocycles. The van der Waals surface area contributed by atoms with Crippen LogP contribution in [-0.4, -0.2) is 29.1 Å². The molecule has 0 fully saturated rings. The van der Waals surface area contributed by atoms with Crippen LogP contribution >= 0.6 is 27.7 Å². The Balaban J connectivity index is 2.67.